The van der Waals surface area contributed by atoms with Crippen LogP contribution in [0.15, 0.2) is 48.5 Å². The van der Waals surface area contributed by atoms with E-state index in [2.05, 4.69) is 0 Å². The van der Waals surface area contributed by atoms with Gasteiger partial charge in [-0.3, -0.25) is 4.79 Å². The number of carbonyl (C=O) groups is 1. The number of aromatic hydroxyl groups is 1. The third kappa shape index (κ3) is 3.26. The zero-order valence-electron chi connectivity index (χ0n) is 11.5. The molecule has 0 heterocycles. The molecule has 2 aromatic rings. The molecule has 0 aromatic heterocycles. The van der Waals surface area contributed by atoms with Crippen LogP contribution in [0.2, 0.25) is 0 Å². The number of hydrogen-bond donors (Lipinski definition) is 1. The van der Waals surface area contributed by atoms with Crippen LogP contribution in [0.1, 0.15) is 21.5 Å². The molecular weight excluding hydrogens is 252 g/mol. The van der Waals surface area contributed by atoms with Gasteiger partial charge in [0.15, 0.2) is 17.3 Å². The SMILES string of the molecule is COc1cc(C(=O)C=Cc2ccc(C)cc2)ccc1O. The highest BCUT2D eigenvalue weighted by atomic mass is 16.5. The van der Waals surface area contributed by atoms with Crippen LogP contribution < -0.4 is 4.74 Å². The fraction of sp³-hybridized carbons (Fsp3) is 0.118. The second kappa shape index (κ2) is 6.06. The Morgan fingerprint density at radius 3 is 2.50 bits per heavy atom. The Morgan fingerprint density at radius 1 is 1.15 bits per heavy atom. The second-order valence-corrected chi connectivity index (χ2v) is 4.49. The summed E-state index contributed by atoms with van der Waals surface area (Å²) >= 11 is 0. The molecule has 1 N–H and O–H groups in total. The zero-order chi connectivity index (χ0) is 14.5. The van der Waals surface area contributed by atoms with Crippen molar-refractivity contribution in [1.29, 1.82) is 0 Å². The van der Waals surface area contributed by atoms with Crippen molar-refractivity contribution in [2.24, 2.45) is 0 Å². The van der Waals surface area contributed by atoms with E-state index in [0.717, 1.165) is 5.56 Å². The number of methoxy groups -OCH3 is 1. The lowest BCUT2D eigenvalue weighted by Crippen LogP contribution is -1.95. The minimum absolute atomic E-state index is 0.0200. The number of aryl methyl sites for hydroxylation is 1. The van der Waals surface area contributed by atoms with Crippen molar-refractivity contribution in [3.63, 3.8) is 0 Å². The van der Waals surface area contributed by atoms with Crippen LogP contribution in [-0.4, -0.2) is 18.0 Å². The van der Waals surface area contributed by atoms with Crippen molar-refractivity contribution < 1.29 is 14.6 Å². The summed E-state index contributed by atoms with van der Waals surface area (Å²) < 4.78 is 4.99. The maximum atomic E-state index is 12.0. The molecule has 0 bridgehead atoms. The van der Waals surface area contributed by atoms with E-state index in [0.29, 0.717) is 11.3 Å². The van der Waals surface area contributed by atoms with Crippen molar-refractivity contribution >= 4 is 11.9 Å². The van der Waals surface area contributed by atoms with Gasteiger partial charge in [0.25, 0.3) is 0 Å². The summed E-state index contributed by atoms with van der Waals surface area (Å²) in [6.45, 7) is 2.02. The predicted octanol–water partition coefficient (Wildman–Crippen LogP) is 3.61. The summed E-state index contributed by atoms with van der Waals surface area (Å²) in [5.41, 5.74) is 2.62. The number of hydrogen-bond acceptors (Lipinski definition) is 3. The molecule has 0 radical (unpaired) electrons. The van der Waals surface area contributed by atoms with Gasteiger partial charge in [-0.1, -0.05) is 35.9 Å². The first kappa shape index (κ1) is 13.9. The van der Waals surface area contributed by atoms with Gasteiger partial charge in [-0.15, -0.1) is 0 Å². The van der Waals surface area contributed by atoms with Crippen LogP contribution in [-0.2, 0) is 0 Å². The summed E-state index contributed by atoms with van der Waals surface area (Å²) in [6.07, 6.45) is 3.28. The number of phenolic OH excluding ortho intramolecular Hbond substituents is 1. The van der Waals surface area contributed by atoms with Gasteiger partial charge in [-0.2, -0.15) is 0 Å². The Bertz CT molecular complexity index is 640. The minimum atomic E-state index is -0.135. The van der Waals surface area contributed by atoms with E-state index >= 15 is 0 Å². The average molecular weight is 268 g/mol. The third-order valence-electron chi connectivity index (χ3n) is 2.97. The Hall–Kier alpha value is -2.55. The molecule has 0 atom stereocenters. The maximum Gasteiger partial charge on any atom is 0.185 e. The zero-order valence-corrected chi connectivity index (χ0v) is 11.5. The predicted molar refractivity (Wildman–Crippen MR) is 79.2 cm³/mol. The summed E-state index contributed by atoms with van der Waals surface area (Å²) in [5, 5.41) is 9.50. The molecule has 0 saturated carbocycles. The van der Waals surface area contributed by atoms with Crippen LogP contribution >= 0.6 is 0 Å². The van der Waals surface area contributed by atoms with Gasteiger partial charge < -0.3 is 9.84 Å². The number of ether oxygens (including phenoxy) is 1. The Labute approximate surface area is 118 Å². The molecule has 0 saturated heterocycles. The lowest BCUT2D eigenvalue weighted by molar-refractivity contribution is 0.104. The van der Waals surface area contributed by atoms with E-state index in [1.54, 1.807) is 12.1 Å². The Kier molecular flexibility index (Phi) is 4.20. The van der Waals surface area contributed by atoms with Gasteiger partial charge in [0.05, 0.1) is 7.11 Å². The Balaban J connectivity index is 2.17. The highest BCUT2D eigenvalue weighted by Crippen LogP contribution is 2.26. The summed E-state index contributed by atoms with van der Waals surface area (Å²) in [5.74, 6) is 0.176. The van der Waals surface area contributed by atoms with Gasteiger partial charge >= 0.3 is 0 Å². The molecule has 0 aliphatic heterocycles. The van der Waals surface area contributed by atoms with Crippen LogP contribution in [0.5, 0.6) is 11.5 Å². The van der Waals surface area contributed by atoms with Crippen molar-refractivity contribution in [3.8, 4) is 11.5 Å². The molecule has 102 valence electrons. The lowest BCUT2D eigenvalue weighted by atomic mass is 10.1. The van der Waals surface area contributed by atoms with Crippen molar-refractivity contribution in [3.05, 3.63) is 65.2 Å². The fourth-order valence-electron chi connectivity index (χ4n) is 1.78. The monoisotopic (exact) mass is 268 g/mol. The first-order valence-corrected chi connectivity index (χ1v) is 6.26. The molecule has 3 heteroatoms. The molecule has 3 nitrogen and oxygen atoms in total. The topological polar surface area (TPSA) is 46.5 Å². The van der Waals surface area contributed by atoms with E-state index in [-0.39, 0.29) is 11.5 Å². The molecule has 0 aliphatic carbocycles. The number of carbonyl (C=O) groups excluding carboxylic acids is 1. The summed E-state index contributed by atoms with van der Waals surface area (Å²) in [7, 11) is 1.45. The number of benzene rings is 2. The molecule has 0 unspecified atom stereocenters. The van der Waals surface area contributed by atoms with E-state index in [9.17, 15) is 9.90 Å². The third-order valence-corrected chi connectivity index (χ3v) is 2.97. The minimum Gasteiger partial charge on any atom is -0.504 e. The molecule has 0 amide bonds. The molecule has 20 heavy (non-hydrogen) atoms. The number of ketones is 1. The van der Waals surface area contributed by atoms with Crippen LogP contribution in [0.25, 0.3) is 6.08 Å². The first-order valence-electron chi connectivity index (χ1n) is 6.26. The van der Waals surface area contributed by atoms with Crippen LogP contribution in [0.3, 0.4) is 0 Å². The second-order valence-electron chi connectivity index (χ2n) is 4.49. The quantitative estimate of drug-likeness (QED) is 0.680. The van der Waals surface area contributed by atoms with E-state index in [1.165, 1.54) is 30.9 Å². The maximum absolute atomic E-state index is 12.0. The van der Waals surface area contributed by atoms with E-state index < -0.39 is 0 Å². The highest BCUT2D eigenvalue weighted by molar-refractivity contribution is 6.07. The average Bonchev–Trinajstić information content (AvgIpc) is 2.47. The van der Waals surface area contributed by atoms with Crippen molar-refractivity contribution in [1.82, 2.24) is 0 Å². The Morgan fingerprint density at radius 2 is 1.85 bits per heavy atom. The molecule has 2 rings (SSSR count). The van der Waals surface area contributed by atoms with Gasteiger partial charge in [0, 0.05) is 5.56 Å². The number of rotatable bonds is 4. The lowest BCUT2D eigenvalue weighted by Gasteiger charge is -2.04. The number of phenols is 1. The van der Waals surface area contributed by atoms with Crippen molar-refractivity contribution in [2.75, 3.05) is 7.11 Å². The molecule has 0 fully saturated rings. The van der Waals surface area contributed by atoms with Gasteiger partial charge in [-0.05, 0) is 36.8 Å². The van der Waals surface area contributed by atoms with Crippen LogP contribution in [0, 0.1) is 6.92 Å². The van der Waals surface area contributed by atoms with Crippen molar-refractivity contribution in [2.45, 2.75) is 6.92 Å². The normalized spacial score (nSPS) is 10.7. The smallest absolute Gasteiger partial charge is 0.185 e. The molecule has 0 aliphatic rings. The first-order chi connectivity index (χ1) is 9.60. The number of allylic oxidation sites excluding steroid dienone is 1. The van der Waals surface area contributed by atoms with Crippen LogP contribution in [0.4, 0.5) is 0 Å². The fourth-order valence-corrected chi connectivity index (χ4v) is 1.78. The van der Waals surface area contributed by atoms with E-state index in [4.69, 9.17) is 4.74 Å². The summed E-state index contributed by atoms with van der Waals surface area (Å²) in [6, 6.07) is 12.4. The molecule has 2 aromatic carbocycles. The molecular formula is C17H16O3. The highest BCUT2D eigenvalue weighted by Gasteiger charge is 2.07. The van der Waals surface area contributed by atoms with E-state index in [1.807, 2.05) is 31.2 Å². The largest absolute Gasteiger partial charge is 0.504 e. The van der Waals surface area contributed by atoms with Gasteiger partial charge in [-0.25, -0.2) is 0 Å². The standard InChI is InChI=1S/C17H16O3/c1-12-3-5-13(6-4-12)7-9-15(18)14-8-10-16(19)17(11-14)20-2/h3-11,19H,1-2H3. The summed E-state index contributed by atoms with van der Waals surface area (Å²) in [4.78, 5) is 12.0. The van der Waals surface area contributed by atoms with Gasteiger partial charge in [0.1, 0.15) is 0 Å². The molecule has 0 spiro atoms. The van der Waals surface area contributed by atoms with Gasteiger partial charge in [0.2, 0.25) is 0 Å².